The van der Waals surface area contributed by atoms with Gasteiger partial charge in [-0.15, -0.1) is 0 Å². The molecule has 0 saturated heterocycles. The summed E-state index contributed by atoms with van der Waals surface area (Å²) in [5, 5.41) is 4.18. The van der Waals surface area contributed by atoms with Gasteiger partial charge in [0.1, 0.15) is 5.60 Å². The van der Waals surface area contributed by atoms with Crippen molar-refractivity contribution >= 4 is 17.7 Å². The Kier molecular flexibility index (Phi) is 6.08. The van der Waals surface area contributed by atoms with Gasteiger partial charge in [0.25, 0.3) is 0 Å². The van der Waals surface area contributed by atoms with Crippen LogP contribution in [0, 0.1) is 0 Å². The Bertz CT molecular complexity index is 579. The highest BCUT2D eigenvalue weighted by Gasteiger charge is 2.23. The Hall–Kier alpha value is -1.52. The molecule has 1 aliphatic heterocycles. The van der Waals surface area contributed by atoms with Crippen molar-refractivity contribution in [1.82, 2.24) is 10.2 Å². The standard InChI is InChI=1S/C18H25ClN2O2/c1-18(2,3)23-17(22)21-9-7-14(8-10-21)12-20-13-15-5-4-6-16(19)11-15/h4-7,11,20H,8-10,12-13H2,1-3H3. The number of hydrogen-bond acceptors (Lipinski definition) is 3. The minimum absolute atomic E-state index is 0.236. The van der Waals surface area contributed by atoms with Gasteiger partial charge in [-0.25, -0.2) is 4.79 Å². The van der Waals surface area contributed by atoms with Crippen molar-refractivity contribution in [3.8, 4) is 0 Å². The summed E-state index contributed by atoms with van der Waals surface area (Å²) in [5.41, 5.74) is 2.05. The van der Waals surface area contributed by atoms with Crippen LogP contribution in [0.5, 0.6) is 0 Å². The molecule has 0 unspecified atom stereocenters. The molecule has 0 atom stereocenters. The third kappa shape index (κ3) is 6.24. The third-order valence-corrected chi connectivity index (χ3v) is 3.76. The molecule has 0 fully saturated rings. The monoisotopic (exact) mass is 336 g/mol. The lowest BCUT2D eigenvalue weighted by atomic mass is 10.1. The highest BCUT2D eigenvalue weighted by Crippen LogP contribution is 2.15. The first-order valence-corrected chi connectivity index (χ1v) is 8.32. The molecule has 23 heavy (non-hydrogen) atoms. The lowest BCUT2D eigenvalue weighted by Gasteiger charge is -2.29. The van der Waals surface area contributed by atoms with Gasteiger partial charge in [0.15, 0.2) is 0 Å². The topological polar surface area (TPSA) is 41.6 Å². The number of carbonyl (C=O) groups is 1. The molecular formula is C18H25ClN2O2. The van der Waals surface area contributed by atoms with E-state index in [4.69, 9.17) is 16.3 Å². The SMILES string of the molecule is CC(C)(C)OC(=O)N1CC=C(CNCc2cccc(Cl)c2)CC1. The molecule has 1 aromatic rings. The predicted molar refractivity (Wildman–Crippen MR) is 93.7 cm³/mol. The lowest BCUT2D eigenvalue weighted by molar-refractivity contribution is 0.0265. The molecule has 0 bridgehead atoms. The molecule has 126 valence electrons. The molecule has 0 aliphatic carbocycles. The zero-order chi connectivity index (χ0) is 16.9. The van der Waals surface area contributed by atoms with E-state index in [0.717, 1.165) is 24.5 Å². The van der Waals surface area contributed by atoms with Crippen molar-refractivity contribution in [2.24, 2.45) is 0 Å². The van der Waals surface area contributed by atoms with Crippen molar-refractivity contribution in [3.63, 3.8) is 0 Å². The van der Waals surface area contributed by atoms with Gasteiger partial charge in [-0.1, -0.05) is 35.4 Å². The predicted octanol–water partition coefficient (Wildman–Crippen LogP) is 4.00. The summed E-state index contributed by atoms with van der Waals surface area (Å²) in [4.78, 5) is 13.7. The largest absolute Gasteiger partial charge is 0.444 e. The highest BCUT2D eigenvalue weighted by atomic mass is 35.5. The van der Waals surface area contributed by atoms with Crippen LogP contribution in [0.15, 0.2) is 35.9 Å². The Labute approximate surface area is 143 Å². The second kappa shape index (κ2) is 7.84. The van der Waals surface area contributed by atoms with Gasteiger partial charge < -0.3 is 15.0 Å². The smallest absolute Gasteiger partial charge is 0.410 e. The molecule has 4 nitrogen and oxygen atoms in total. The van der Waals surface area contributed by atoms with E-state index in [1.807, 2.05) is 39.0 Å². The van der Waals surface area contributed by atoms with E-state index in [1.54, 1.807) is 4.90 Å². The highest BCUT2D eigenvalue weighted by molar-refractivity contribution is 6.30. The van der Waals surface area contributed by atoms with E-state index in [-0.39, 0.29) is 6.09 Å². The van der Waals surface area contributed by atoms with E-state index in [0.29, 0.717) is 13.1 Å². The summed E-state index contributed by atoms with van der Waals surface area (Å²) >= 11 is 5.98. The first kappa shape index (κ1) is 17.8. The zero-order valence-electron chi connectivity index (χ0n) is 14.1. The Morgan fingerprint density at radius 3 is 2.74 bits per heavy atom. The van der Waals surface area contributed by atoms with E-state index in [9.17, 15) is 4.79 Å². The molecule has 2 rings (SSSR count). The van der Waals surface area contributed by atoms with Crippen molar-refractivity contribution in [2.75, 3.05) is 19.6 Å². The van der Waals surface area contributed by atoms with Gasteiger partial charge in [0.2, 0.25) is 0 Å². The molecule has 0 spiro atoms. The maximum atomic E-state index is 12.0. The van der Waals surface area contributed by atoms with Crippen LogP contribution < -0.4 is 5.32 Å². The average Bonchev–Trinajstić information content (AvgIpc) is 2.46. The normalized spacial score (nSPS) is 15.3. The van der Waals surface area contributed by atoms with E-state index in [2.05, 4.69) is 17.5 Å². The second-order valence-electron chi connectivity index (χ2n) is 6.77. The van der Waals surface area contributed by atoms with E-state index in [1.165, 1.54) is 11.1 Å². The lowest BCUT2D eigenvalue weighted by Crippen LogP contribution is -2.39. The van der Waals surface area contributed by atoms with Gasteiger partial charge in [-0.2, -0.15) is 0 Å². The number of ether oxygens (including phenoxy) is 1. The van der Waals surface area contributed by atoms with Crippen LogP contribution in [0.25, 0.3) is 0 Å². The van der Waals surface area contributed by atoms with Crippen LogP contribution in [0.3, 0.4) is 0 Å². The van der Waals surface area contributed by atoms with E-state index < -0.39 is 5.60 Å². The van der Waals surface area contributed by atoms with Gasteiger partial charge in [-0.05, 0) is 44.9 Å². The Morgan fingerprint density at radius 1 is 1.35 bits per heavy atom. The van der Waals surface area contributed by atoms with Crippen LogP contribution in [-0.2, 0) is 11.3 Å². The minimum atomic E-state index is -0.445. The average molecular weight is 337 g/mol. The van der Waals surface area contributed by atoms with Crippen molar-refractivity contribution in [1.29, 1.82) is 0 Å². The van der Waals surface area contributed by atoms with Crippen molar-refractivity contribution in [2.45, 2.75) is 39.3 Å². The number of carbonyl (C=O) groups excluding carboxylic acids is 1. The third-order valence-electron chi connectivity index (χ3n) is 3.53. The Morgan fingerprint density at radius 2 is 2.13 bits per heavy atom. The van der Waals surface area contributed by atoms with Gasteiger partial charge in [-0.3, -0.25) is 0 Å². The first-order chi connectivity index (χ1) is 10.8. The summed E-state index contributed by atoms with van der Waals surface area (Å²) < 4.78 is 5.39. The molecule has 0 saturated carbocycles. The quantitative estimate of drug-likeness (QED) is 0.845. The number of halogens is 1. The number of hydrogen-bond donors (Lipinski definition) is 1. The van der Waals surface area contributed by atoms with Crippen LogP contribution in [0.4, 0.5) is 4.79 Å². The molecule has 0 aromatic heterocycles. The van der Waals surface area contributed by atoms with E-state index >= 15 is 0 Å². The number of benzene rings is 1. The zero-order valence-corrected chi connectivity index (χ0v) is 14.8. The Balaban J connectivity index is 1.75. The maximum Gasteiger partial charge on any atom is 0.410 e. The summed E-state index contributed by atoms with van der Waals surface area (Å²) in [6, 6.07) is 7.85. The molecule has 1 aliphatic rings. The van der Waals surface area contributed by atoms with Crippen LogP contribution >= 0.6 is 11.6 Å². The second-order valence-corrected chi connectivity index (χ2v) is 7.21. The van der Waals surface area contributed by atoms with Crippen molar-refractivity contribution in [3.05, 3.63) is 46.5 Å². The molecule has 1 heterocycles. The summed E-state index contributed by atoms with van der Waals surface area (Å²) in [6.45, 7) is 8.59. The number of nitrogens with zero attached hydrogens (tertiary/aromatic N) is 1. The first-order valence-electron chi connectivity index (χ1n) is 7.94. The minimum Gasteiger partial charge on any atom is -0.444 e. The fourth-order valence-corrected chi connectivity index (χ4v) is 2.59. The van der Waals surface area contributed by atoms with Crippen molar-refractivity contribution < 1.29 is 9.53 Å². The van der Waals surface area contributed by atoms with Crippen LogP contribution in [0.1, 0.15) is 32.8 Å². The number of nitrogens with one attached hydrogen (secondary N) is 1. The number of rotatable bonds is 4. The molecule has 1 amide bonds. The fraction of sp³-hybridized carbons (Fsp3) is 0.500. The van der Waals surface area contributed by atoms with Crippen LogP contribution in [0.2, 0.25) is 5.02 Å². The van der Waals surface area contributed by atoms with Gasteiger partial charge in [0, 0.05) is 31.2 Å². The molecule has 0 radical (unpaired) electrons. The molecular weight excluding hydrogens is 312 g/mol. The number of amides is 1. The molecule has 1 N–H and O–H groups in total. The molecule has 1 aromatic carbocycles. The summed E-state index contributed by atoms with van der Waals surface area (Å²) in [6.07, 6.45) is 2.75. The maximum absolute atomic E-state index is 12.0. The van der Waals surface area contributed by atoms with Crippen LogP contribution in [-0.4, -0.2) is 36.2 Å². The summed E-state index contributed by atoms with van der Waals surface area (Å²) in [5.74, 6) is 0. The summed E-state index contributed by atoms with van der Waals surface area (Å²) in [7, 11) is 0. The fourth-order valence-electron chi connectivity index (χ4n) is 2.38. The molecule has 5 heteroatoms. The van der Waals surface area contributed by atoms with Gasteiger partial charge in [0.05, 0.1) is 0 Å². The van der Waals surface area contributed by atoms with Gasteiger partial charge >= 0.3 is 6.09 Å².